The molecule has 0 bridgehead atoms. The molecule has 0 saturated carbocycles. The van der Waals surface area contributed by atoms with E-state index in [1.54, 1.807) is 0 Å². The van der Waals surface area contributed by atoms with Gasteiger partial charge in [-0.15, -0.1) is 0 Å². The summed E-state index contributed by atoms with van der Waals surface area (Å²) < 4.78 is 0. The van der Waals surface area contributed by atoms with E-state index in [9.17, 15) is 0 Å². The van der Waals surface area contributed by atoms with Crippen LogP contribution in [0.3, 0.4) is 0 Å². The Morgan fingerprint density at radius 3 is 2.20 bits per heavy atom. The molecule has 1 N–H and O–H groups in total. The molecule has 15 heavy (non-hydrogen) atoms. The average Bonchev–Trinajstić information content (AvgIpc) is 2.22. The first kappa shape index (κ1) is 14.9. The van der Waals surface area contributed by atoms with Crippen molar-refractivity contribution in [2.45, 2.75) is 59.5 Å². The van der Waals surface area contributed by atoms with Crippen molar-refractivity contribution in [2.75, 3.05) is 20.1 Å². The highest BCUT2D eigenvalue weighted by Crippen LogP contribution is 2.06. The van der Waals surface area contributed by atoms with Crippen molar-refractivity contribution in [2.24, 2.45) is 5.92 Å². The maximum absolute atomic E-state index is 3.60. The summed E-state index contributed by atoms with van der Waals surface area (Å²) in [6, 6.07) is 1.32. The monoisotopic (exact) mass is 214 g/mol. The maximum atomic E-state index is 3.60. The second-order valence-electron chi connectivity index (χ2n) is 5.06. The van der Waals surface area contributed by atoms with Gasteiger partial charge < -0.3 is 10.2 Å². The van der Waals surface area contributed by atoms with Crippen LogP contribution in [0, 0.1) is 5.92 Å². The van der Waals surface area contributed by atoms with E-state index in [-0.39, 0.29) is 0 Å². The van der Waals surface area contributed by atoms with Crippen LogP contribution in [0.15, 0.2) is 0 Å². The van der Waals surface area contributed by atoms with E-state index in [0.29, 0.717) is 12.1 Å². The Morgan fingerprint density at radius 1 is 1.13 bits per heavy atom. The first-order chi connectivity index (χ1) is 6.99. The molecule has 2 unspecified atom stereocenters. The van der Waals surface area contributed by atoms with Crippen LogP contribution in [0.25, 0.3) is 0 Å². The molecule has 0 aromatic heterocycles. The lowest BCUT2D eigenvalue weighted by atomic mass is 10.0. The van der Waals surface area contributed by atoms with Gasteiger partial charge in [-0.1, -0.05) is 20.3 Å². The molecule has 0 heterocycles. The third-order valence-electron chi connectivity index (χ3n) is 3.53. The highest BCUT2D eigenvalue weighted by Gasteiger charge is 2.08. The second kappa shape index (κ2) is 8.12. The summed E-state index contributed by atoms with van der Waals surface area (Å²) in [5, 5.41) is 3.60. The minimum Gasteiger partial charge on any atom is -0.314 e. The van der Waals surface area contributed by atoms with Crippen LogP contribution in [0.1, 0.15) is 47.5 Å². The molecule has 0 aliphatic carbocycles. The second-order valence-corrected chi connectivity index (χ2v) is 5.06. The highest BCUT2D eigenvalue weighted by molar-refractivity contribution is 4.67. The predicted octanol–water partition coefficient (Wildman–Crippen LogP) is 2.74. The van der Waals surface area contributed by atoms with Gasteiger partial charge in [-0.3, -0.25) is 0 Å². The molecule has 0 fully saturated rings. The zero-order valence-electron chi connectivity index (χ0n) is 11.5. The molecule has 0 aromatic carbocycles. The number of rotatable bonds is 8. The lowest BCUT2D eigenvalue weighted by Gasteiger charge is -2.23. The van der Waals surface area contributed by atoms with Crippen molar-refractivity contribution in [3.8, 4) is 0 Å². The molecular weight excluding hydrogens is 184 g/mol. The van der Waals surface area contributed by atoms with E-state index in [1.807, 2.05) is 0 Å². The van der Waals surface area contributed by atoms with Crippen molar-refractivity contribution in [3.05, 3.63) is 0 Å². The zero-order chi connectivity index (χ0) is 11.8. The molecule has 0 amide bonds. The molecule has 0 radical (unpaired) electrons. The summed E-state index contributed by atoms with van der Waals surface area (Å²) >= 11 is 0. The number of hydrogen-bond donors (Lipinski definition) is 1. The quantitative estimate of drug-likeness (QED) is 0.625. The zero-order valence-corrected chi connectivity index (χ0v) is 11.5. The SMILES string of the molecule is CCC(C)C(C)NCCCN(C)C(C)C. The molecule has 0 spiro atoms. The number of nitrogens with one attached hydrogen (secondary N) is 1. The van der Waals surface area contributed by atoms with Gasteiger partial charge in [0.05, 0.1) is 0 Å². The molecule has 0 aromatic rings. The average molecular weight is 214 g/mol. The van der Waals surface area contributed by atoms with Crippen molar-refractivity contribution in [1.29, 1.82) is 0 Å². The van der Waals surface area contributed by atoms with Gasteiger partial charge in [-0.05, 0) is 53.2 Å². The summed E-state index contributed by atoms with van der Waals surface area (Å²) in [4.78, 5) is 2.40. The highest BCUT2D eigenvalue weighted by atomic mass is 15.1. The van der Waals surface area contributed by atoms with Gasteiger partial charge in [-0.2, -0.15) is 0 Å². The Bertz CT molecular complexity index is 145. The molecule has 2 atom stereocenters. The van der Waals surface area contributed by atoms with Gasteiger partial charge in [0.15, 0.2) is 0 Å². The fraction of sp³-hybridized carbons (Fsp3) is 1.00. The van der Waals surface area contributed by atoms with E-state index < -0.39 is 0 Å². The predicted molar refractivity (Wildman–Crippen MR) is 69.3 cm³/mol. The molecular formula is C13H30N2. The summed E-state index contributed by atoms with van der Waals surface area (Å²) in [5.74, 6) is 0.785. The van der Waals surface area contributed by atoms with E-state index >= 15 is 0 Å². The van der Waals surface area contributed by atoms with E-state index in [1.165, 1.54) is 19.4 Å². The summed E-state index contributed by atoms with van der Waals surface area (Å²) in [6.45, 7) is 13.7. The van der Waals surface area contributed by atoms with E-state index in [2.05, 4.69) is 51.9 Å². The fourth-order valence-corrected chi connectivity index (χ4v) is 1.47. The molecule has 2 nitrogen and oxygen atoms in total. The van der Waals surface area contributed by atoms with E-state index in [0.717, 1.165) is 12.5 Å². The van der Waals surface area contributed by atoms with Gasteiger partial charge in [-0.25, -0.2) is 0 Å². The van der Waals surface area contributed by atoms with Crippen LogP contribution < -0.4 is 5.32 Å². The van der Waals surface area contributed by atoms with Crippen LogP contribution >= 0.6 is 0 Å². The van der Waals surface area contributed by atoms with Crippen LogP contribution in [-0.2, 0) is 0 Å². The Morgan fingerprint density at radius 2 is 1.73 bits per heavy atom. The molecule has 0 rings (SSSR count). The number of nitrogens with zero attached hydrogens (tertiary/aromatic N) is 1. The Balaban J connectivity index is 3.46. The first-order valence-electron chi connectivity index (χ1n) is 6.42. The van der Waals surface area contributed by atoms with Gasteiger partial charge in [0.25, 0.3) is 0 Å². The van der Waals surface area contributed by atoms with Crippen molar-refractivity contribution >= 4 is 0 Å². The Kier molecular flexibility index (Phi) is 8.07. The number of hydrogen-bond acceptors (Lipinski definition) is 2. The minimum absolute atomic E-state index is 0.652. The fourth-order valence-electron chi connectivity index (χ4n) is 1.47. The standard InChI is InChI=1S/C13H30N2/c1-7-12(4)13(5)14-9-8-10-15(6)11(2)3/h11-14H,7-10H2,1-6H3. The van der Waals surface area contributed by atoms with Crippen LogP contribution in [-0.4, -0.2) is 37.1 Å². The molecule has 2 heteroatoms. The lowest BCUT2D eigenvalue weighted by Crippen LogP contribution is -2.35. The van der Waals surface area contributed by atoms with Gasteiger partial charge in [0.1, 0.15) is 0 Å². The molecule has 0 saturated heterocycles. The van der Waals surface area contributed by atoms with Crippen LogP contribution in [0.4, 0.5) is 0 Å². The van der Waals surface area contributed by atoms with Crippen molar-refractivity contribution < 1.29 is 0 Å². The summed E-state index contributed by atoms with van der Waals surface area (Å²) in [7, 11) is 2.20. The third kappa shape index (κ3) is 6.91. The smallest absolute Gasteiger partial charge is 0.00642 e. The molecule has 92 valence electrons. The van der Waals surface area contributed by atoms with Crippen LogP contribution in [0.5, 0.6) is 0 Å². The van der Waals surface area contributed by atoms with Crippen molar-refractivity contribution in [3.63, 3.8) is 0 Å². The maximum Gasteiger partial charge on any atom is 0.00642 e. The van der Waals surface area contributed by atoms with Gasteiger partial charge >= 0.3 is 0 Å². The third-order valence-corrected chi connectivity index (χ3v) is 3.53. The largest absolute Gasteiger partial charge is 0.314 e. The molecule has 0 aliphatic rings. The molecule has 0 aliphatic heterocycles. The van der Waals surface area contributed by atoms with Crippen LogP contribution in [0.2, 0.25) is 0 Å². The summed E-state index contributed by atoms with van der Waals surface area (Å²) in [6.07, 6.45) is 2.51. The lowest BCUT2D eigenvalue weighted by molar-refractivity contribution is 0.265. The summed E-state index contributed by atoms with van der Waals surface area (Å²) in [5.41, 5.74) is 0. The normalized spacial score (nSPS) is 16.0. The van der Waals surface area contributed by atoms with Gasteiger partial charge in [0, 0.05) is 12.1 Å². The van der Waals surface area contributed by atoms with Crippen molar-refractivity contribution in [1.82, 2.24) is 10.2 Å². The van der Waals surface area contributed by atoms with E-state index in [4.69, 9.17) is 0 Å². The minimum atomic E-state index is 0.652. The Hall–Kier alpha value is -0.0800. The topological polar surface area (TPSA) is 15.3 Å². The first-order valence-corrected chi connectivity index (χ1v) is 6.42. The Labute approximate surface area is 96.4 Å². The van der Waals surface area contributed by atoms with Gasteiger partial charge in [0.2, 0.25) is 0 Å².